The lowest BCUT2D eigenvalue weighted by molar-refractivity contribution is -0.698. The van der Waals surface area contributed by atoms with Gasteiger partial charge in [-0.15, -0.1) is 0 Å². The van der Waals surface area contributed by atoms with Crippen molar-refractivity contribution in [3.63, 3.8) is 0 Å². The van der Waals surface area contributed by atoms with E-state index < -0.39 is 0 Å². The second-order valence-electron chi connectivity index (χ2n) is 12.7. The van der Waals surface area contributed by atoms with Gasteiger partial charge in [-0.05, 0) is 56.1 Å². The lowest BCUT2D eigenvalue weighted by Crippen LogP contribution is -2.93. The molecule has 5 N–H and O–H groups in total. The number of quaternary nitrogens is 2. The van der Waals surface area contributed by atoms with Crippen LogP contribution in [0, 0.1) is 18.8 Å². The zero-order chi connectivity index (χ0) is 25.4. The largest absolute Gasteiger partial charge is 0.345 e. The molecule has 0 radical (unpaired) electrons. The highest BCUT2D eigenvalue weighted by atomic mass is 16.2. The van der Waals surface area contributed by atoms with Crippen molar-refractivity contribution in [2.75, 3.05) is 26.2 Å². The number of fused-ring (bicyclic) bond motifs is 2. The summed E-state index contributed by atoms with van der Waals surface area (Å²) in [6, 6.07) is 16.6. The first-order chi connectivity index (χ1) is 18.0. The molecule has 3 fully saturated rings. The second-order valence-corrected chi connectivity index (χ2v) is 12.7. The van der Waals surface area contributed by atoms with Gasteiger partial charge in [0, 0.05) is 31.1 Å². The van der Waals surface area contributed by atoms with Gasteiger partial charge in [0.05, 0.1) is 32.1 Å². The average Bonchev–Trinajstić information content (AvgIpc) is 3.31. The number of carbonyl (C=O) groups excluding carboxylic acids is 1. The van der Waals surface area contributed by atoms with Crippen molar-refractivity contribution in [1.82, 2.24) is 4.90 Å². The van der Waals surface area contributed by atoms with E-state index in [1.807, 2.05) is 0 Å². The fourth-order valence-electron chi connectivity index (χ4n) is 8.41. The highest BCUT2D eigenvalue weighted by Gasteiger charge is 2.58. The van der Waals surface area contributed by atoms with Crippen LogP contribution in [0.5, 0.6) is 0 Å². The topological polar surface area (TPSA) is 67.7 Å². The molecule has 1 unspecified atom stereocenters. The Morgan fingerprint density at radius 3 is 2.65 bits per heavy atom. The molecule has 2 saturated heterocycles. The van der Waals surface area contributed by atoms with Crippen LogP contribution in [-0.2, 0) is 16.6 Å². The normalized spacial score (nSPS) is 32.8. The first-order valence-corrected chi connectivity index (χ1v) is 15.1. The Bertz CT molecular complexity index is 1100. The number of hydrogen-bond donors (Lipinski definition) is 2. The Hall–Kier alpha value is -2.24. The van der Waals surface area contributed by atoms with Gasteiger partial charge in [-0.2, -0.15) is 0 Å². The minimum Gasteiger partial charge on any atom is -0.345 e. The highest BCUT2D eigenvalue weighted by molar-refractivity contribution is 5.82. The number of aromatic nitrogens is 1. The third kappa shape index (κ3) is 4.74. The Balaban J connectivity index is 1.32. The van der Waals surface area contributed by atoms with Gasteiger partial charge in [-0.1, -0.05) is 49.6 Å². The number of H-pyrrole nitrogens is 1. The van der Waals surface area contributed by atoms with E-state index in [1.54, 1.807) is 0 Å². The van der Waals surface area contributed by atoms with Gasteiger partial charge in [0.2, 0.25) is 5.91 Å². The standard InChI is InChI=1S/C32H44N4O/c1-22-13-14-27-29(35-22)17-23(2)34-21-32(27)20-33-19-28(32)31(37)36-16-15-26(24-9-5-3-6-10-24)18-30(36)25-11-7-4-8-12-25/h3,5-6,9-10,13-14,23,25-26,28,30,33-34H,4,7-8,11-12,15-21H2,1-2H3/p+3/t23?,26-,28+,30+,32-/m1/s1. The summed E-state index contributed by atoms with van der Waals surface area (Å²) >= 11 is 0. The van der Waals surface area contributed by atoms with Crippen molar-refractivity contribution in [3.8, 4) is 0 Å². The maximum absolute atomic E-state index is 14.7. The highest BCUT2D eigenvalue weighted by Crippen LogP contribution is 2.42. The van der Waals surface area contributed by atoms with Crippen molar-refractivity contribution < 1.29 is 20.4 Å². The van der Waals surface area contributed by atoms with E-state index in [4.69, 9.17) is 0 Å². The van der Waals surface area contributed by atoms with Gasteiger partial charge in [-0.25, -0.2) is 4.98 Å². The zero-order valence-corrected chi connectivity index (χ0v) is 22.9. The number of aromatic amines is 1. The molecule has 5 nitrogen and oxygen atoms in total. The molecule has 4 heterocycles. The Morgan fingerprint density at radius 1 is 1.03 bits per heavy atom. The molecule has 0 bridgehead atoms. The molecule has 1 aromatic carbocycles. The number of nitrogens with one attached hydrogen (secondary N) is 1. The number of rotatable bonds is 3. The van der Waals surface area contributed by atoms with Crippen LogP contribution in [0.25, 0.3) is 0 Å². The molecule has 1 aliphatic carbocycles. The summed E-state index contributed by atoms with van der Waals surface area (Å²) in [6.45, 7) is 8.36. The Kier molecular flexibility index (Phi) is 7.11. The molecule has 1 aromatic heterocycles. The van der Waals surface area contributed by atoms with Crippen LogP contribution in [0.4, 0.5) is 0 Å². The molecule has 5 heteroatoms. The molecule has 5 atom stereocenters. The van der Waals surface area contributed by atoms with Crippen molar-refractivity contribution >= 4 is 5.91 Å². The van der Waals surface area contributed by atoms with Crippen LogP contribution >= 0.6 is 0 Å². The number of hydrogen-bond acceptors (Lipinski definition) is 1. The van der Waals surface area contributed by atoms with E-state index in [0.717, 1.165) is 45.4 Å². The number of nitrogens with two attached hydrogens (primary N) is 2. The van der Waals surface area contributed by atoms with E-state index in [9.17, 15) is 4.79 Å². The Morgan fingerprint density at radius 2 is 1.84 bits per heavy atom. The van der Waals surface area contributed by atoms with Gasteiger partial charge in [0.15, 0.2) is 11.4 Å². The number of piperidine rings is 1. The summed E-state index contributed by atoms with van der Waals surface area (Å²) in [7, 11) is 0. The molecule has 3 aliphatic heterocycles. The molecular formula is C32H47N4O+3. The first kappa shape index (κ1) is 25.1. The number of amides is 1. The fourth-order valence-corrected chi connectivity index (χ4v) is 8.41. The van der Waals surface area contributed by atoms with Crippen LogP contribution in [0.2, 0.25) is 0 Å². The summed E-state index contributed by atoms with van der Waals surface area (Å²) in [5.74, 6) is 1.75. The van der Waals surface area contributed by atoms with Crippen molar-refractivity contribution in [1.29, 1.82) is 0 Å². The maximum Gasteiger partial charge on any atom is 0.233 e. The molecule has 37 heavy (non-hydrogen) atoms. The second kappa shape index (κ2) is 10.5. The van der Waals surface area contributed by atoms with E-state index in [2.05, 4.69) is 76.8 Å². The summed E-state index contributed by atoms with van der Waals surface area (Å²) in [5.41, 5.74) is 5.37. The SMILES string of the molecule is Cc1ccc2c([nH+]1)CC(C)[NH2+]C[C@]21C[NH2+]C[C@H]1C(=O)N1CC[C@@H](c2ccccc2)C[C@H]1C1CCCCC1. The van der Waals surface area contributed by atoms with Crippen LogP contribution in [0.3, 0.4) is 0 Å². The van der Waals surface area contributed by atoms with Crippen molar-refractivity contribution in [2.45, 2.75) is 88.6 Å². The molecule has 1 spiro atoms. The monoisotopic (exact) mass is 503 g/mol. The van der Waals surface area contributed by atoms with Crippen molar-refractivity contribution in [2.24, 2.45) is 11.8 Å². The maximum atomic E-state index is 14.7. The first-order valence-electron chi connectivity index (χ1n) is 15.1. The summed E-state index contributed by atoms with van der Waals surface area (Å²) in [4.78, 5) is 20.8. The van der Waals surface area contributed by atoms with Gasteiger partial charge in [-0.3, -0.25) is 4.79 Å². The summed E-state index contributed by atoms with van der Waals surface area (Å²) in [6.07, 6.45) is 9.88. The van der Waals surface area contributed by atoms with Crippen LogP contribution in [-0.4, -0.2) is 49.1 Å². The van der Waals surface area contributed by atoms with E-state index in [-0.39, 0.29) is 11.3 Å². The summed E-state index contributed by atoms with van der Waals surface area (Å²) < 4.78 is 0. The number of carbonyl (C=O) groups is 1. The number of likely N-dealkylation sites (tertiary alicyclic amines) is 1. The summed E-state index contributed by atoms with van der Waals surface area (Å²) in [5, 5.41) is 4.95. The average molecular weight is 504 g/mol. The van der Waals surface area contributed by atoms with E-state index >= 15 is 0 Å². The molecule has 6 rings (SSSR count). The minimum atomic E-state index is -0.0885. The molecule has 1 saturated carbocycles. The Labute approximate surface area is 222 Å². The molecule has 2 aromatic rings. The third-order valence-electron chi connectivity index (χ3n) is 10.4. The minimum absolute atomic E-state index is 0.0586. The van der Waals surface area contributed by atoms with E-state index in [1.165, 1.54) is 54.6 Å². The van der Waals surface area contributed by atoms with Crippen LogP contribution in [0.1, 0.15) is 80.3 Å². The predicted octanol–water partition coefficient (Wildman–Crippen LogP) is 2.10. The van der Waals surface area contributed by atoms with Crippen LogP contribution in [0.15, 0.2) is 42.5 Å². The smallest absolute Gasteiger partial charge is 0.233 e. The lowest BCUT2D eigenvalue weighted by atomic mass is 9.70. The zero-order valence-electron chi connectivity index (χ0n) is 22.9. The molecule has 1 amide bonds. The molecular weight excluding hydrogens is 456 g/mol. The molecule has 4 aliphatic rings. The predicted molar refractivity (Wildman–Crippen MR) is 145 cm³/mol. The van der Waals surface area contributed by atoms with E-state index in [0.29, 0.717) is 29.8 Å². The number of pyridine rings is 1. The fraction of sp³-hybridized carbons (Fsp3) is 0.625. The van der Waals surface area contributed by atoms with Gasteiger partial charge in [0.25, 0.3) is 0 Å². The van der Waals surface area contributed by atoms with Gasteiger partial charge in [0.1, 0.15) is 11.3 Å². The van der Waals surface area contributed by atoms with Gasteiger partial charge < -0.3 is 15.5 Å². The molecule has 198 valence electrons. The number of aryl methyl sites for hydroxylation is 1. The van der Waals surface area contributed by atoms with Gasteiger partial charge >= 0.3 is 0 Å². The van der Waals surface area contributed by atoms with Crippen molar-refractivity contribution in [3.05, 3.63) is 65.0 Å². The third-order valence-corrected chi connectivity index (χ3v) is 10.4. The number of nitrogens with zero attached hydrogens (tertiary/aromatic N) is 1. The van der Waals surface area contributed by atoms with Crippen LogP contribution < -0.4 is 15.6 Å². The quantitative estimate of drug-likeness (QED) is 0.662. The number of benzene rings is 1. The lowest BCUT2D eigenvalue weighted by Gasteiger charge is -2.46.